The maximum absolute atomic E-state index is 5.91. The zero-order chi connectivity index (χ0) is 10.3. The van der Waals surface area contributed by atoms with Crippen molar-refractivity contribution in [3.05, 3.63) is 26.9 Å². The number of halogens is 3. The first-order chi connectivity index (χ1) is 6.58. The second kappa shape index (κ2) is 3.53. The molecule has 14 heavy (non-hydrogen) atoms. The summed E-state index contributed by atoms with van der Waals surface area (Å²) in [5.74, 6) is 0.328. The van der Waals surface area contributed by atoms with E-state index < -0.39 is 0 Å². The molecule has 2 N–H and O–H groups in total. The highest BCUT2D eigenvalue weighted by Crippen LogP contribution is 2.29. The number of benzene rings is 1. The summed E-state index contributed by atoms with van der Waals surface area (Å²) in [6.45, 7) is 0. The number of anilines is 1. The summed E-state index contributed by atoms with van der Waals surface area (Å²) < 4.78 is 0.751. The van der Waals surface area contributed by atoms with Crippen LogP contribution in [0.25, 0.3) is 10.9 Å². The summed E-state index contributed by atoms with van der Waals surface area (Å²) in [5.41, 5.74) is 6.33. The first-order valence-corrected chi connectivity index (χ1v) is 5.20. The molecule has 0 saturated carbocycles. The average molecular weight is 293 g/mol. The number of hydrogen-bond donors (Lipinski definition) is 1. The van der Waals surface area contributed by atoms with Crippen LogP contribution in [0, 0.1) is 0 Å². The fourth-order valence-corrected chi connectivity index (χ4v) is 1.80. The molecule has 0 spiro atoms. The number of rotatable bonds is 0. The molecule has 2 rings (SSSR count). The van der Waals surface area contributed by atoms with Crippen LogP contribution in [0.5, 0.6) is 0 Å². The molecule has 3 nitrogen and oxygen atoms in total. The molecule has 0 bridgehead atoms. The largest absolute Gasteiger partial charge is 0.383 e. The Hall–Kier alpha value is -0.580. The maximum Gasteiger partial charge on any atom is 0.224 e. The van der Waals surface area contributed by atoms with Gasteiger partial charge in [-0.25, -0.2) is 9.97 Å². The van der Waals surface area contributed by atoms with E-state index in [9.17, 15) is 0 Å². The van der Waals surface area contributed by atoms with Crippen molar-refractivity contribution < 1.29 is 0 Å². The Balaban J connectivity index is 2.89. The molecule has 6 heteroatoms. The van der Waals surface area contributed by atoms with Gasteiger partial charge < -0.3 is 5.73 Å². The SMILES string of the molecule is Nc1nc(Cl)nc2cc(Br)c(Cl)cc12. The van der Waals surface area contributed by atoms with Crippen LogP contribution in [0.3, 0.4) is 0 Å². The molecule has 0 aliphatic heterocycles. The summed E-state index contributed by atoms with van der Waals surface area (Å²) in [7, 11) is 0. The van der Waals surface area contributed by atoms with Gasteiger partial charge in [-0.2, -0.15) is 0 Å². The van der Waals surface area contributed by atoms with Crippen molar-refractivity contribution >= 4 is 55.9 Å². The number of fused-ring (bicyclic) bond motifs is 1. The highest BCUT2D eigenvalue weighted by Gasteiger charge is 2.06. The quantitative estimate of drug-likeness (QED) is 0.758. The third-order valence-electron chi connectivity index (χ3n) is 1.74. The van der Waals surface area contributed by atoms with Gasteiger partial charge in [0, 0.05) is 9.86 Å². The van der Waals surface area contributed by atoms with Crippen LogP contribution in [0.4, 0.5) is 5.82 Å². The molecule has 0 fully saturated rings. The van der Waals surface area contributed by atoms with Crippen LogP contribution >= 0.6 is 39.1 Å². The second-order valence-electron chi connectivity index (χ2n) is 2.66. The van der Waals surface area contributed by atoms with E-state index in [1.165, 1.54) is 0 Å². The van der Waals surface area contributed by atoms with Crippen LogP contribution in [0.1, 0.15) is 0 Å². The molecular formula is C8H4BrCl2N3. The van der Waals surface area contributed by atoms with Crippen molar-refractivity contribution in [3.8, 4) is 0 Å². The van der Waals surface area contributed by atoms with Crippen LogP contribution in [0.2, 0.25) is 10.3 Å². The molecule has 1 heterocycles. The lowest BCUT2D eigenvalue weighted by molar-refractivity contribution is 1.23. The number of hydrogen-bond acceptors (Lipinski definition) is 3. The van der Waals surface area contributed by atoms with Crippen molar-refractivity contribution in [1.82, 2.24) is 9.97 Å². The highest BCUT2D eigenvalue weighted by atomic mass is 79.9. The molecule has 0 saturated heterocycles. The predicted molar refractivity (Wildman–Crippen MR) is 61.7 cm³/mol. The number of aromatic nitrogens is 2. The number of nitrogens with two attached hydrogens (primary N) is 1. The lowest BCUT2D eigenvalue weighted by atomic mass is 10.2. The molecule has 0 aliphatic carbocycles. The Morgan fingerprint density at radius 1 is 1.21 bits per heavy atom. The van der Waals surface area contributed by atoms with Crippen molar-refractivity contribution in [2.24, 2.45) is 0 Å². The van der Waals surface area contributed by atoms with E-state index in [1.54, 1.807) is 12.1 Å². The summed E-state index contributed by atoms with van der Waals surface area (Å²) in [6.07, 6.45) is 0. The number of nitrogens with zero attached hydrogens (tertiary/aromatic N) is 2. The minimum atomic E-state index is 0.129. The molecule has 1 aromatic carbocycles. The van der Waals surface area contributed by atoms with Gasteiger partial charge in [0.15, 0.2) is 0 Å². The van der Waals surface area contributed by atoms with E-state index in [4.69, 9.17) is 28.9 Å². The third-order valence-corrected chi connectivity index (χ3v) is 3.11. The van der Waals surface area contributed by atoms with Crippen LogP contribution in [-0.4, -0.2) is 9.97 Å². The summed E-state index contributed by atoms with van der Waals surface area (Å²) in [5, 5.41) is 1.39. The fourth-order valence-electron chi connectivity index (χ4n) is 1.12. The second-order valence-corrected chi connectivity index (χ2v) is 4.26. The van der Waals surface area contributed by atoms with Crippen molar-refractivity contribution in [3.63, 3.8) is 0 Å². The van der Waals surface area contributed by atoms with Crippen LogP contribution in [0.15, 0.2) is 16.6 Å². The smallest absolute Gasteiger partial charge is 0.224 e. The monoisotopic (exact) mass is 291 g/mol. The van der Waals surface area contributed by atoms with E-state index >= 15 is 0 Å². The summed E-state index contributed by atoms with van der Waals surface area (Å²) in [4.78, 5) is 7.85. The van der Waals surface area contributed by atoms with Gasteiger partial charge in [-0.1, -0.05) is 11.6 Å². The fraction of sp³-hybridized carbons (Fsp3) is 0. The number of nitrogen functional groups attached to an aromatic ring is 1. The van der Waals surface area contributed by atoms with Gasteiger partial charge >= 0.3 is 0 Å². The Kier molecular flexibility index (Phi) is 2.51. The predicted octanol–water partition coefficient (Wildman–Crippen LogP) is 3.28. The maximum atomic E-state index is 5.91. The van der Waals surface area contributed by atoms with E-state index in [2.05, 4.69) is 25.9 Å². The molecule has 0 amide bonds. The van der Waals surface area contributed by atoms with Crippen molar-refractivity contribution in [2.75, 3.05) is 5.73 Å². The average Bonchev–Trinajstić information content (AvgIpc) is 2.08. The lowest BCUT2D eigenvalue weighted by Gasteiger charge is -2.03. The molecular weight excluding hydrogens is 289 g/mol. The standard InChI is InChI=1S/C8H4BrCl2N3/c9-4-2-6-3(1-5(4)10)7(12)14-8(11)13-6/h1-2H,(H2,12,13,14). The van der Waals surface area contributed by atoms with Crippen molar-refractivity contribution in [1.29, 1.82) is 0 Å². The zero-order valence-corrected chi connectivity index (χ0v) is 9.86. The molecule has 0 atom stereocenters. The Morgan fingerprint density at radius 3 is 2.64 bits per heavy atom. The van der Waals surface area contributed by atoms with Crippen LogP contribution in [-0.2, 0) is 0 Å². The van der Waals surface area contributed by atoms with E-state index in [1.807, 2.05) is 0 Å². The Bertz CT molecular complexity index is 515. The summed E-state index contributed by atoms with van der Waals surface area (Å²) in [6, 6.07) is 3.45. The normalized spacial score (nSPS) is 10.8. The van der Waals surface area contributed by atoms with Crippen molar-refractivity contribution in [2.45, 2.75) is 0 Å². The first kappa shape index (κ1) is 9.96. The highest BCUT2D eigenvalue weighted by molar-refractivity contribution is 9.10. The van der Waals surface area contributed by atoms with Gasteiger partial charge in [0.25, 0.3) is 0 Å². The van der Waals surface area contributed by atoms with Gasteiger partial charge in [0.05, 0.1) is 10.5 Å². The van der Waals surface area contributed by atoms with Gasteiger partial charge in [0.1, 0.15) is 5.82 Å². The molecule has 0 radical (unpaired) electrons. The molecule has 72 valence electrons. The Morgan fingerprint density at radius 2 is 1.93 bits per heavy atom. The molecule has 0 aliphatic rings. The minimum absolute atomic E-state index is 0.129. The Labute approximate surface area is 98.4 Å². The van der Waals surface area contributed by atoms with Gasteiger partial charge in [0.2, 0.25) is 5.28 Å². The van der Waals surface area contributed by atoms with E-state index in [-0.39, 0.29) is 5.28 Å². The van der Waals surface area contributed by atoms with Gasteiger partial charge in [-0.15, -0.1) is 0 Å². The zero-order valence-electron chi connectivity index (χ0n) is 6.76. The minimum Gasteiger partial charge on any atom is -0.383 e. The van der Waals surface area contributed by atoms with Gasteiger partial charge in [-0.3, -0.25) is 0 Å². The molecule has 0 unspecified atom stereocenters. The van der Waals surface area contributed by atoms with E-state index in [0.29, 0.717) is 21.7 Å². The summed E-state index contributed by atoms with van der Waals surface area (Å²) >= 11 is 14.9. The first-order valence-electron chi connectivity index (χ1n) is 3.65. The van der Waals surface area contributed by atoms with E-state index in [0.717, 1.165) is 4.47 Å². The third kappa shape index (κ3) is 1.65. The lowest BCUT2D eigenvalue weighted by Crippen LogP contribution is -1.95. The molecule has 1 aromatic heterocycles. The molecule has 2 aromatic rings. The van der Waals surface area contributed by atoms with Gasteiger partial charge in [-0.05, 0) is 39.7 Å². The van der Waals surface area contributed by atoms with Crippen LogP contribution < -0.4 is 5.73 Å². The topological polar surface area (TPSA) is 51.8 Å².